The van der Waals surface area contributed by atoms with Crippen LogP contribution in [0.4, 0.5) is 0 Å². The minimum Gasteiger partial charge on any atom is -0.480 e. The van der Waals surface area contributed by atoms with Crippen LogP contribution in [-0.2, 0) is 9.36 Å². The highest BCUT2D eigenvalue weighted by atomic mass is 31.2. The molecule has 2 aromatic rings. The third-order valence-electron chi connectivity index (χ3n) is 3.78. The Balaban J connectivity index is 2.40. The van der Waals surface area contributed by atoms with Crippen LogP contribution >= 0.6 is 7.14 Å². The number of carbonyl (C=O) groups is 1. The number of carboxylic acids is 1. The number of benzene rings is 2. The summed E-state index contributed by atoms with van der Waals surface area (Å²) < 4.78 is 13.6. The van der Waals surface area contributed by atoms with Gasteiger partial charge in [-0.1, -0.05) is 60.7 Å². The predicted molar refractivity (Wildman–Crippen MR) is 89.5 cm³/mol. The molecule has 0 aliphatic rings. The summed E-state index contributed by atoms with van der Waals surface area (Å²) in [5.41, 5.74) is 4.41. The number of nitrogens with two attached hydrogens (primary N) is 1. The Bertz CT molecular complexity index is 640. The van der Waals surface area contributed by atoms with E-state index in [0.717, 1.165) is 10.6 Å². The van der Waals surface area contributed by atoms with E-state index in [9.17, 15) is 9.36 Å². The van der Waals surface area contributed by atoms with Crippen molar-refractivity contribution in [2.75, 3.05) is 6.16 Å². The summed E-state index contributed by atoms with van der Waals surface area (Å²) in [6.45, 7) is 1.45. The second-order valence-electron chi connectivity index (χ2n) is 5.61. The molecule has 0 aliphatic carbocycles. The SMILES string of the molecule is CC(N)(CCP(=O)(c1ccccc1)c1ccccc1)C(=O)O. The fourth-order valence-electron chi connectivity index (χ4n) is 2.24. The summed E-state index contributed by atoms with van der Waals surface area (Å²) in [4.78, 5) is 11.2. The van der Waals surface area contributed by atoms with Crippen molar-refractivity contribution in [2.45, 2.75) is 18.9 Å². The van der Waals surface area contributed by atoms with E-state index in [1.54, 1.807) is 0 Å². The summed E-state index contributed by atoms with van der Waals surface area (Å²) in [7, 11) is -2.90. The van der Waals surface area contributed by atoms with E-state index in [0.29, 0.717) is 0 Å². The van der Waals surface area contributed by atoms with Crippen molar-refractivity contribution in [3.05, 3.63) is 60.7 Å². The first-order valence-electron chi connectivity index (χ1n) is 7.09. The summed E-state index contributed by atoms with van der Waals surface area (Å²) in [5.74, 6) is -1.08. The maximum Gasteiger partial charge on any atom is 0.323 e. The molecule has 0 saturated carbocycles. The molecule has 0 saturated heterocycles. The van der Waals surface area contributed by atoms with Crippen LogP contribution < -0.4 is 16.3 Å². The lowest BCUT2D eigenvalue weighted by Gasteiger charge is -2.24. The van der Waals surface area contributed by atoms with E-state index in [1.165, 1.54) is 6.92 Å². The Morgan fingerprint density at radius 2 is 1.45 bits per heavy atom. The molecule has 116 valence electrons. The van der Waals surface area contributed by atoms with Gasteiger partial charge in [-0.2, -0.15) is 0 Å². The lowest BCUT2D eigenvalue weighted by Crippen LogP contribution is -2.45. The molecule has 0 radical (unpaired) electrons. The minimum atomic E-state index is -2.90. The van der Waals surface area contributed by atoms with Crippen LogP contribution in [0.5, 0.6) is 0 Å². The maximum absolute atomic E-state index is 13.6. The lowest BCUT2D eigenvalue weighted by molar-refractivity contribution is -0.142. The second-order valence-corrected chi connectivity index (χ2v) is 8.57. The van der Waals surface area contributed by atoms with Crippen LogP contribution in [0, 0.1) is 0 Å². The quantitative estimate of drug-likeness (QED) is 0.800. The monoisotopic (exact) mass is 317 g/mol. The highest BCUT2D eigenvalue weighted by Gasteiger charge is 2.34. The van der Waals surface area contributed by atoms with Crippen molar-refractivity contribution in [1.82, 2.24) is 0 Å². The van der Waals surface area contributed by atoms with Crippen molar-refractivity contribution in [1.29, 1.82) is 0 Å². The first kappa shape index (κ1) is 16.5. The zero-order valence-corrected chi connectivity index (χ0v) is 13.4. The van der Waals surface area contributed by atoms with E-state index < -0.39 is 18.7 Å². The van der Waals surface area contributed by atoms with Gasteiger partial charge in [0.05, 0.1) is 0 Å². The van der Waals surface area contributed by atoms with Gasteiger partial charge in [-0.15, -0.1) is 0 Å². The Labute approximate surface area is 130 Å². The summed E-state index contributed by atoms with van der Waals surface area (Å²) in [5, 5.41) is 10.6. The zero-order chi connectivity index (χ0) is 16.2. The summed E-state index contributed by atoms with van der Waals surface area (Å²) in [6.07, 6.45) is 0.365. The van der Waals surface area contributed by atoms with Gasteiger partial charge in [0.15, 0.2) is 0 Å². The van der Waals surface area contributed by atoms with Crippen molar-refractivity contribution in [3.8, 4) is 0 Å². The van der Waals surface area contributed by atoms with Crippen LogP contribution in [0.25, 0.3) is 0 Å². The normalized spacial score (nSPS) is 14.3. The first-order valence-corrected chi connectivity index (χ1v) is 8.98. The smallest absolute Gasteiger partial charge is 0.323 e. The van der Waals surface area contributed by atoms with Crippen LogP contribution in [0.15, 0.2) is 60.7 Å². The van der Waals surface area contributed by atoms with Gasteiger partial charge >= 0.3 is 5.97 Å². The van der Waals surface area contributed by atoms with E-state index in [-0.39, 0.29) is 12.6 Å². The average molecular weight is 317 g/mol. The summed E-state index contributed by atoms with van der Waals surface area (Å²) >= 11 is 0. The van der Waals surface area contributed by atoms with Crippen molar-refractivity contribution < 1.29 is 14.5 Å². The van der Waals surface area contributed by atoms with Gasteiger partial charge in [-0.25, -0.2) is 0 Å². The molecule has 2 rings (SSSR count). The molecule has 0 amide bonds. The molecule has 4 nitrogen and oxygen atoms in total. The Morgan fingerprint density at radius 1 is 1.05 bits per heavy atom. The summed E-state index contributed by atoms with van der Waals surface area (Å²) in [6, 6.07) is 18.4. The molecule has 0 bridgehead atoms. The molecule has 2 aromatic carbocycles. The Morgan fingerprint density at radius 3 is 1.82 bits per heavy atom. The van der Waals surface area contributed by atoms with E-state index >= 15 is 0 Å². The molecule has 0 fully saturated rings. The van der Waals surface area contributed by atoms with Crippen LogP contribution in [0.1, 0.15) is 13.3 Å². The van der Waals surface area contributed by atoms with Crippen LogP contribution in [-0.4, -0.2) is 22.8 Å². The van der Waals surface area contributed by atoms with Gasteiger partial charge < -0.3 is 15.4 Å². The van der Waals surface area contributed by atoms with Gasteiger partial charge in [0.1, 0.15) is 12.7 Å². The molecule has 1 atom stereocenters. The second kappa shape index (κ2) is 6.47. The molecule has 22 heavy (non-hydrogen) atoms. The van der Waals surface area contributed by atoms with E-state index in [4.69, 9.17) is 10.8 Å². The molecule has 0 aromatic heterocycles. The molecule has 0 heterocycles. The molecule has 3 N–H and O–H groups in total. The number of hydrogen-bond acceptors (Lipinski definition) is 3. The topological polar surface area (TPSA) is 80.4 Å². The molecular weight excluding hydrogens is 297 g/mol. The van der Waals surface area contributed by atoms with Gasteiger partial charge in [0.25, 0.3) is 0 Å². The van der Waals surface area contributed by atoms with E-state index in [2.05, 4.69) is 0 Å². The number of aliphatic carboxylic acids is 1. The van der Waals surface area contributed by atoms with E-state index in [1.807, 2.05) is 60.7 Å². The van der Waals surface area contributed by atoms with Crippen molar-refractivity contribution >= 4 is 23.7 Å². The molecule has 5 heteroatoms. The number of carboxylic acid groups (broad SMARTS) is 1. The average Bonchev–Trinajstić information content (AvgIpc) is 2.54. The van der Waals surface area contributed by atoms with Gasteiger partial charge in [-0.3, -0.25) is 4.79 Å². The highest BCUT2D eigenvalue weighted by Crippen LogP contribution is 2.44. The third-order valence-corrected chi connectivity index (χ3v) is 6.90. The minimum absolute atomic E-state index is 0.142. The highest BCUT2D eigenvalue weighted by molar-refractivity contribution is 7.78. The van der Waals surface area contributed by atoms with Gasteiger partial charge in [-0.05, 0) is 13.3 Å². The molecule has 0 aliphatic heterocycles. The maximum atomic E-state index is 13.6. The number of hydrogen-bond donors (Lipinski definition) is 2. The van der Waals surface area contributed by atoms with Gasteiger partial charge in [0, 0.05) is 16.8 Å². The van der Waals surface area contributed by atoms with Crippen molar-refractivity contribution in [2.24, 2.45) is 5.73 Å². The predicted octanol–water partition coefficient (Wildman–Crippen LogP) is 2.19. The fourth-order valence-corrected chi connectivity index (χ4v) is 5.14. The Hall–Kier alpha value is -1.90. The van der Waals surface area contributed by atoms with Gasteiger partial charge in [0.2, 0.25) is 0 Å². The standard InChI is InChI=1S/C17H20NO3P/c1-17(18,16(19)20)12-13-22(21,14-8-4-2-5-9-14)15-10-6-3-7-11-15/h2-11H,12-13,18H2,1H3,(H,19,20). The lowest BCUT2D eigenvalue weighted by atomic mass is 10.0. The molecule has 0 spiro atoms. The molecule has 1 unspecified atom stereocenters. The molecular formula is C17H20NO3P. The fraction of sp³-hybridized carbons (Fsp3) is 0.235. The Kier molecular flexibility index (Phi) is 4.84. The van der Waals surface area contributed by atoms with Crippen molar-refractivity contribution in [3.63, 3.8) is 0 Å². The van der Waals surface area contributed by atoms with Crippen LogP contribution in [0.3, 0.4) is 0 Å². The van der Waals surface area contributed by atoms with Crippen LogP contribution in [0.2, 0.25) is 0 Å². The third kappa shape index (κ3) is 3.46. The first-order chi connectivity index (χ1) is 10.4. The number of rotatable bonds is 6. The largest absolute Gasteiger partial charge is 0.480 e. The zero-order valence-electron chi connectivity index (χ0n) is 12.5.